The Morgan fingerprint density at radius 2 is 1.66 bits per heavy atom. The molecule has 0 fully saturated rings. The fourth-order valence-electron chi connectivity index (χ4n) is 3.88. The summed E-state index contributed by atoms with van der Waals surface area (Å²) in [6, 6.07) is 12.5. The summed E-state index contributed by atoms with van der Waals surface area (Å²) in [5.41, 5.74) is 4.75. The SMILES string of the molecule is CNCCN(C)c1cc(CCc2cc(C)cc(-n3c(C)ccc3C)n2)cc(C(F)(F)F)c1. The van der Waals surface area contributed by atoms with Crippen LogP contribution in [0.15, 0.2) is 42.5 Å². The molecule has 0 unspecified atom stereocenters. The van der Waals surface area contributed by atoms with E-state index >= 15 is 0 Å². The second-order valence-electron chi connectivity index (χ2n) is 8.36. The fourth-order valence-corrected chi connectivity index (χ4v) is 3.88. The molecule has 0 bridgehead atoms. The Labute approximate surface area is 188 Å². The second-order valence-corrected chi connectivity index (χ2v) is 8.36. The van der Waals surface area contributed by atoms with Gasteiger partial charge in [-0.2, -0.15) is 13.2 Å². The molecule has 0 aliphatic carbocycles. The third kappa shape index (κ3) is 5.71. The zero-order valence-corrected chi connectivity index (χ0v) is 19.3. The van der Waals surface area contributed by atoms with Crippen molar-refractivity contribution in [1.29, 1.82) is 0 Å². The first kappa shape index (κ1) is 23.9. The van der Waals surface area contributed by atoms with Crippen molar-refractivity contribution < 1.29 is 13.2 Å². The number of hydrogen-bond acceptors (Lipinski definition) is 3. The van der Waals surface area contributed by atoms with Crippen molar-refractivity contribution in [2.45, 2.75) is 39.8 Å². The molecule has 0 saturated carbocycles. The highest BCUT2D eigenvalue weighted by atomic mass is 19.4. The van der Waals surface area contributed by atoms with Crippen LogP contribution >= 0.6 is 0 Å². The Morgan fingerprint density at radius 3 is 2.28 bits per heavy atom. The molecule has 0 aliphatic heterocycles. The van der Waals surface area contributed by atoms with Gasteiger partial charge in [0, 0.05) is 42.9 Å². The molecule has 0 spiro atoms. The smallest absolute Gasteiger partial charge is 0.373 e. The van der Waals surface area contributed by atoms with Gasteiger partial charge in [0.05, 0.1) is 5.56 Å². The van der Waals surface area contributed by atoms with Gasteiger partial charge in [-0.25, -0.2) is 4.98 Å². The van der Waals surface area contributed by atoms with Gasteiger partial charge in [-0.1, -0.05) is 0 Å². The summed E-state index contributed by atoms with van der Waals surface area (Å²) in [4.78, 5) is 6.65. The lowest BCUT2D eigenvalue weighted by Gasteiger charge is -2.22. The standard InChI is InChI=1S/C25H31F3N4/c1-17-12-22(30-24(13-17)32-18(2)6-7-19(32)3)9-8-20-14-21(25(26,27)28)16-23(15-20)31(5)11-10-29-4/h6-7,12-16,29H,8-11H2,1-5H3. The number of likely N-dealkylation sites (N-methyl/N-ethyl adjacent to an activating group) is 2. The number of aromatic nitrogens is 2. The zero-order chi connectivity index (χ0) is 23.5. The van der Waals surface area contributed by atoms with E-state index in [2.05, 4.69) is 9.88 Å². The van der Waals surface area contributed by atoms with E-state index in [9.17, 15) is 13.2 Å². The van der Waals surface area contributed by atoms with Crippen molar-refractivity contribution >= 4 is 5.69 Å². The van der Waals surface area contributed by atoms with Crippen molar-refractivity contribution in [2.75, 3.05) is 32.1 Å². The van der Waals surface area contributed by atoms with Crippen LogP contribution in [0.25, 0.3) is 5.82 Å². The van der Waals surface area contributed by atoms with E-state index in [1.165, 1.54) is 12.1 Å². The van der Waals surface area contributed by atoms with Crippen LogP contribution in [0.5, 0.6) is 0 Å². The number of nitrogens with one attached hydrogen (secondary N) is 1. The highest BCUT2D eigenvalue weighted by Crippen LogP contribution is 2.33. The number of anilines is 1. The Balaban J connectivity index is 1.87. The molecule has 0 saturated heterocycles. The Kier molecular flexibility index (Phi) is 7.29. The number of pyridine rings is 1. The van der Waals surface area contributed by atoms with E-state index in [0.717, 1.165) is 28.5 Å². The normalized spacial score (nSPS) is 11.8. The van der Waals surface area contributed by atoms with Crippen LogP contribution < -0.4 is 10.2 Å². The summed E-state index contributed by atoms with van der Waals surface area (Å²) < 4.78 is 42.7. The molecule has 4 nitrogen and oxygen atoms in total. The van der Waals surface area contributed by atoms with Crippen LogP contribution in [0, 0.1) is 20.8 Å². The molecule has 2 aromatic heterocycles. The van der Waals surface area contributed by atoms with Crippen LogP contribution in [-0.2, 0) is 19.0 Å². The van der Waals surface area contributed by atoms with Crippen molar-refractivity contribution in [3.05, 3.63) is 76.2 Å². The number of halogens is 3. The third-order valence-electron chi connectivity index (χ3n) is 5.62. The Bertz CT molecular complexity index is 1050. The fraction of sp³-hybridized carbons (Fsp3) is 0.400. The predicted molar refractivity (Wildman–Crippen MR) is 124 cm³/mol. The first-order chi connectivity index (χ1) is 15.1. The number of hydrogen-bond donors (Lipinski definition) is 1. The highest BCUT2D eigenvalue weighted by Gasteiger charge is 2.31. The zero-order valence-electron chi connectivity index (χ0n) is 19.3. The number of aryl methyl sites for hydroxylation is 5. The third-order valence-corrected chi connectivity index (χ3v) is 5.62. The van der Waals surface area contributed by atoms with E-state index in [1.54, 1.807) is 0 Å². The molecule has 3 aromatic rings. The summed E-state index contributed by atoms with van der Waals surface area (Å²) >= 11 is 0. The molecule has 32 heavy (non-hydrogen) atoms. The quantitative estimate of drug-likeness (QED) is 0.515. The van der Waals surface area contributed by atoms with Gasteiger partial charge in [-0.05, 0) is 94.3 Å². The lowest BCUT2D eigenvalue weighted by atomic mass is 10.0. The molecule has 3 rings (SSSR count). The minimum Gasteiger partial charge on any atom is -0.373 e. The lowest BCUT2D eigenvalue weighted by Crippen LogP contribution is -2.27. The molecule has 172 valence electrons. The van der Waals surface area contributed by atoms with Crippen LogP contribution in [-0.4, -0.2) is 36.7 Å². The first-order valence-corrected chi connectivity index (χ1v) is 10.8. The van der Waals surface area contributed by atoms with E-state index in [-0.39, 0.29) is 0 Å². The van der Waals surface area contributed by atoms with E-state index in [1.807, 2.05) is 70.1 Å². The summed E-state index contributed by atoms with van der Waals surface area (Å²) in [6.45, 7) is 7.39. The van der Waals surface area contributed by atoms with Crippen molar-refractivity contribution in [2.24, 2.45) is 0 Å². The van der Waals surface area contributed by atoms with Crippen LogP contribution in [0.1, 0.15) is 33.8 Å². The second kappa shape index (κ2) is 9.77. The number of rotatable bonds is 8. The monoisotopic (exact) mass is 444 g/mol. The van der Waals surface area contributed by atoms with E-state index in [0.29, 0.717) is 37.2 Å². The molecule has 0 amide bonds. The van der Waals surface area contributed by atoms with Gasteiger partial charge in [-0.15, -0.1) is 0 Å². The maximum absolute atomic E-state index is 13.5. The molecule has 0 aliphatic rings. The molecular formula is C25H31F3N4. The minimum absolute atomic E-state index is 0.482. The average Bonchev–Trinajstić information content (AvgIpc) is 3.07. The highest BCUT2D eigenvalue weighted by molar-refractivity contribution is 5.51. The van der Waals surface area contributed by atoms with Crippen LogP contribution in [0.2, 0.25) is 0 Å². The van der Waals surface area contributed by atoms with Gasteiger partial charge < -0.3 is 14.8 Å². The van der Waals surface area contributed by atoms with Gasteiger partial charge in [0.25, 0.3) is 0 Å². The molecule has 0 radical (unpaired) electrons. The molecular weight excluding hydrogens is 413 g/mol. The number of alkyl halides is 3. The minimum atomic E-state index is -4.38. The van der Waals surface area contributed by atoms with Crippen molar-refractivity contribution in [1.82, 2.24) is 14.9 Å². The summed E-state index contributed by atoms with van der Waals surface area (Å²) in [7, 11) is 3.64. The van der Waals surface area contributed by atoms with E-state index < -0.39 is 11.7 Å². The maximum Gasteiger partial charge on any atom is 0.416 e. The Morgan fingerprint density at radius 1 is 0.969 bits per heavy atom. The summed E-state index contributed by atoms with van der Waals surface area (Å²) in [6.07, 6.45) is -3.34. The largest absolute Gasteiger partial charge is 0.416 e. The number of benzene rings is 1. The first-order valence-electron chi connectivity index (χ1n) is 10.8. The van der Waals surface area contributed by atoms with Gasteiger partial charge >= 0.3 is 6.18 Å². The van der Waals surface area contributed by atoms with Crippen LogP contribution in [0.4, 0.5) is 18.9 Å². The van der Waals surface area contributed by atoms with Gasteiger partial charge in [0.15, 0.2) is 0 Å². The van der Waals surface area contributed by atoms with Gasteiger partial charge in [-0.3, -0.25) is 0 Å². The lowest BCUT2D eigenvalue weighted by molar-refractivity contribution is -0.137. The Hall–Kier alpha value is -2.80. The number of nitrogens with zero attached hydrogens (tertiary/aromatic N) is 3. The molecule has 0 atom stereocenters. The molecule has 2 heterocycles. The van der Waals surface area contributed by atoms with Gasteiger partial charge in [0.1, 0.15) is 5.82 Å². The summed E-state index contributed by atoms with van der Waals surface area (Å²) in [5, 5.41) is 3.03. The van der Waals surface area contributed by atoms with Gasteiger partial charge in [0.2, 0.25) is 0 Å². The van der Waals surface area contributed by atoms with Crippen molar-refractivity contribution in [3.63, 3.8) is 0 Å². The molecule has 7 heteroatoms. The average molecular weight is 445 g/mol. The topological polar surface area (TPSA) is 33.1 Å². The predicted octanol–water partition coefficient (Wildman–Crippen LogP) is 5.26. The summed E-state index contributed by atoms with van der Waals surface area (Å²) in [5.74, 6) is 0.844. The molecule has 1 aromatic carbocycles. The van der Waals surface area contributed by atoms with E-state index in [4.69, 9.17) is 4.98 Å². The molecule has 1 N–H and O–H groups in total. The maximum atomic E-state index is 13.5. The van der Waals surface area contributed by atoms with Crippen molar-refractivity contribution in [3.8, 4) is 5.82 Å². The van der Waals surface area contributed by atoms with Crippen LogP contribution in [0.3, 0.4) is 0 Å².